The van der Waals surface area contributed by atoms with Crippen LogP contribution in [0.5, 0.6) is 0 Å². The maximum Gasteiger partial charge on any atom is 0.326 e. The van der Waals surface area contributed by atoms with Gasteiger partial charge in [0, 0.05) is 19.0 Å². The van der Waals surface area contributed by atoms with Crippen molar-refractivity contribution >= 4 is 31.0 Å². The molecule has 6 heteroatoms. The second-order valence-electron chi connectivity index (χ2n) is 8.58. The molecule has 1 N–H and O–H groups in total. The van der Waals surface area contributed by atoms with Gasteiger partial charge in [-0.2, -0.15) is 0 Å². The molecule has 0 aliphatic rings. The number of aromatic nitrogens is 1. The van der Waals surface area contributed by atoms with E-state index in [1.54, 1.807) is 24.5 Å². The summed E-state index contributed by atoms with van der Waals surface area (Å²) < 4.78 is 8.21. The molecule has 0 spiro atoms. The number of aldehydes is 1. The number of carbonyl (C=O) groups is 2. The lowest BCUT2D eigenvalue weighted by molar-refractivity contribution is -0.109. The largest absolute Gasteiger partial charge is 0.407 e. The molecule has 0 saturated heterocycles. The van der Waals surface area contributed by atoms with E-state index in [4.69, 9.17) is 4.43 Å². The predicted octanol–water partition coefficient (Wildman–Crippen LogP) is 3.58. The van der Waals surface area contributed by atoms with Gasteiger partial charge in [0.25, 0.3) is 8.32 Å². The Morgan fingerprint density at radius 3 is 1.94 bits per heavy atom. The highest BCUT2D eigenvalue weighted by molar-refractivity contribution is 6.99. The topological polar surface area (TPSA) is 60.3 Å². The van der Waals surface area contributed by atoms with Crippen LogP contribution >= 0.6 is 0 Å². The summed E-state index contributed by atoms with van der Waals surface area (Å²) in [5.41, 5.74) is 0. The molecule has 0 fully saturated rings. The first-order chi connectivity index (χ1) is 14.9. The Bertz CT molecular complexity index is 928. The zero-order valence-corrected chi connectivity index (χ0v) is 19.3. The fourth-order valence-electron chi connectivity index (χ4n) is 3.98. The van der Waals surface area contributed by atoms with E-state index in [0.29, 0.717) is 13.0 Å². The third-order valence-corrected chi connectivity index (χ3v) is 10.5. The van der Waals surface area contributed by atoms with Crippen LogP contribution < -0.4 is 15.7 Å². The molecule has 1 heterocycles. The van der Waals surface area contributed by atoms with Crippen molar-refractivity contribution in [3.05, 3.63) is 85.2 Å². The lowest BCUT2D eigenvalue weighted by atomic mass is 10.2. The second-order valence-corrected chi connectivity index (χ2v) is 12.9. The zero-order chi connectivity index (χ0) is 22.3. The van der Waals surface area contributed by atoms with Crippen molar-refractivity contribution in [2.45, 2.75) is 38.3 Å². The fourth-order valence-corrected chi connectivity index (χ4v) is 8.56. The summed E-state index contributed by atoms with van der Waals surface area (Å²) in [4.78, 5) is 23.9. The Balaban J connectivity index is 1.84. The summed E-state index contributed by atoms with van der Waals surface area (Å²) in [5.74, 6) is 0. The molecule has 0 bridgehead atoms. The van der Waals surface area contributed by atoms with Crippen LogP contribution in [0, 0.1) is 0 Å². The van der Waals surface area contributed by atoms with Gasteiger partial charge >= 0.3 is 6.03 Å². The molecule has 31 heavy (non-hydrogen) atoms. The number of nitrogens with zero attached hydrogens (tertiary/aromatic N) is 1. The summed E-state index contributed by atoms with van der Waals surface area (Å²) in [5, 5.41) is 5.00. The molecule has 0 aliphatic carbocycles. The van der Waals surface area contributed by atoms with Crippen molar-refractivity contribution in [1.82, 2.24) is 9.88 Å². The molecule has 0 radical (unpaired) electrons. The van der Waals surface area contributed by atoms with Crippen molar-refractivity contribution in [3.63, 3.8) is 0 Å². The van der Waals surface area contributed by atoms with Crippen molar-refractivity contribution in [3.8, 4) is 0 Å². The van der Waals surface area contributed by atoms with Gasteiger partial charge in [0.05, 0.1) is 6.04 Å². The first-order valence-electron chi connectivity index (χ1n) is 10.5. The number of hydrogen-bond acceptors (Lipinski definition) is 3. The van der Waals surface area contributed by atoms with E-state index in [2.05, 4.69) is 50.4 Å². The standard InChI is InChI=1S/C25H30N2O3Si/c1-25(2,3)31(22-12-6-4-7-13-22,23-14-8-5-9-15-23)30-19-16-21(20-28)26-24(29)27-17-10-11-18-27/h4-15,17-18,20-21H,16,19H2,1-3H3,(H,26,29)/t21-/m0/s1. The number of nitrogens with one attached hydrogen (secondary N) is 1. The van der Waals surface area contributed by atoms with Crippen LogP contribution in [0.15, 0.2) is 85.2 Å². The molecule has 0 saturated carbocycles. The number of carbonyl (C=O) groups excluding carboxylic acids is 2. The smallest absolute Gasteiger partial charge is 0.326 e. The summed E-state index contributed by atoms with van der Waals surface area (Å²) in [7, 11) is -2.66. The van der Waals surface area contributed by atoms with Gasteiger partial charge in [-0.1, -0.05) is 81.4 Å². The maximum atomic E-state index is 12.3. The Morgan fingerprint density at radius 1 is 0.968 bits per heavy atom. The molecule has 0 aliphatic heterocycles. The fraction of sp³-hybridized carbons (Fsp3) is 0.280. The molecule has 1 aromatic heterocycles. The minimum atomic E-state index is -2.66. The van der Waals surface area contributed by atoms with E-state index >= 15 is 0 Å². The molecular formula is C25H30N2O3Si. The van der Waals surface area contributed by atoms with Crippen LogP contribution in [0.1, 0.15) is 27.2 Å². The van der Waals surface area contributed by atoms with Gasteiger partial charge in [-0.25, -0.2) is 4.79 Å². The average molecular weight is 435 g/mol. The highest BCUT2D eigenvalue weighted by Gasteiger charge is 2.50. The number of benzene rings is 2. The SMILES string of the molecule is CC(C)(C)[Si](OCC[C@@H](C=O)NC(=O)n1cccc1)(c1ccccc1)c1ccccc1. The van der Waals surface area contributed by atoms with Gasteiger partial charge in [-0.3, -0.25) is 4.57 Å². The third-order valence-electron chi connectivity index (χ3n) is 5.48. The molecular weight excluding hydrogens is 404 g/mol. The number of rotatable bonds is 8. The van der Waals surface area contributed by atoms with E-state index in [9.17, 15) is 9.59 Å². The van der Waals surface area contributed by atoms with Gasteiger partial charge < -0.3 is 14.5 Å². The summed E-state index contributed by atoms with van der Waals surface area (Å²) in [6.07, 6.45) is 4.48. The Morgan fingerprint density at radius 2 is 1.48 bits per heavy atom. The Kier molecular flexibility index (Phi) is 7.25. The minimum absolute atomic E-state index is 0.138. The van der Waals surface area contributed by atoms with Gasteiger partial charge in [-0.05, 0) is 34.0 Å². The number of amides is 1. The average Bonchev–Trinajstić information content (AvgIpc) is 3.31. The molecule has 1 amide bonds. The lowest BCUT2D eigenvalue weighted by Crippen LogP contribution is -2.66. The van der Waals surface area contributed by atoms with Crippen molar-refractivity contribution in [2.24, 2.45) is 0 Å². The molecule has 5 nitrogen and oxygen atoms in total. The van der Waals surface area contributed by atoms with E-state index in [0.717, 1.165) is 6.29 Å². The Hall–Kier alpha value is -2.96. The van der Waals surface area contributed by atoms with Crippen LogP contribution in [0.3, 0.4) is 0 Å². The second kappa shape index (κ2) is 9.90. The predicted molar refractivity (Wildman–Crippen MR) is 126 cm³/mol. The Labute approximate surface area is 185 Å². The number of hydrogen-bond donors (Lipinski definition) is 1. The van der Waals surface area contributed by atoms with Gasteiger partial charge in [0.1, 0.15) is 6.29 Å². The van der Waals surface area contributed by atoms with Crippen LogP contribution in [0.2, 0.25) is 5.04 Å². The van der Waals surface area contributed by atoms with Crippen molar-refractivity contribution in [2.75, 3.05) is 6.61 Å². The molecule has 0 unspecified atom stereocenters. The first-order valence-corrected chi connectivity index (χ1v) is 12.4. The molecule has 162 valence electrons. The van der Waals surface area contributed by atoms with E-state index in [-0.39, 0.29) is 11.1 Å². The lowest BCUT2D eigenvalue weighted by Gasteiger charge is -2.43. The highest BCUT2D eigenvalue weighted by Crippen LogP contribution is 2.36. The van der Waals surface area contributed by atoms with Crippen molar-refractivity contribution in [1.29, 1.82) is 0 Å². The first kappa shape index (κ1) is 22.7. The summed E-state index contributed by atoms with van der Waals surface area (Å²) in [6.45, 7) is 7.00. The van der Waals surface area contributed by atoms with Crippen LogP contribution in [0.25, 0.3) is 0 Å². The third kappa shape index (κ3) is 5.03. The molecule has 2 aromatic carbocycles. The molecule has 3 aromatic rings. The monoisotopic (exact) mass is 434 g/mol. The summed E-state index contributed by atoms with van der Waals surface area (Å²) >= 11 is 0. The minimum Gasteiger partial charge on any atom is -0.407 e. The van der Waals surface area contributed by atoms with E-state index < -0.39 is 14.4 Å². The van der Waals surface area contributed by atoms with Crippen LogP contribution in [-0.4, -0.2) is 37.9 Å². The van der Waals surface area contributed by atoms with Crippen molar-refractivity contribution < 1.29 is 14.0 Å². The molecule has 1 atom stereocenters. The zero-order valence-electron chi connectivity index (χ0n) is 18.3. The molecule has 3 rings (SSSR count). The van der Waals surface area contributed by atoms with E-state index in [1.165, 1.54) is 14.9 Å². The van der Waals surface area contributed by atoms with Gasteiger partial charge in [0.2, 0.25) is 0 Å². The van der Waals surface area contributed by atoms with Crippen LogP contribution in [-0.2, 0) is 9.22 Å². The highest BCUT2D eigenvalue weighted by atomic mass is 28.4. The van der Waals surface area contributed by atoms with Gasteiger partial charge in [-0.15, -0.1) is 0 Å². The summed E-state index contributed by atoms with van der Waals surface area (Å²) in [6, 6.07) is 23.3. The maximum absolute atomic E-state index is 12.3. The van der Waals surface area contributed by atoms with E-state index in [1.807, 2.05) is 36.4 Å². The quantitative estimate of drug-likeness (QED) is 0.435. The van der Waals surface area contributed by atoms with Gasteiger partial charge in [0.15, 0.2) is 0 Å². The normalized spacial score (nSPS) is 12.9. The van der Waals surface area contributed by atoms with Crippen LogP contribution in [0.4, 0.5) is 4.79 Å².